The number of hydrogen-bond donors (Lipinski definition) is 2. The summed E-state index contributed by atoms with van der Waals surface area (Å²) in [5, 5.41) is 3.36. The monoisotopic (exact) mass is 307 g/mol. The van der Waals surface area contributed by atoms with Gasteiger partial charge in [-0.25, -0.2) is 9.37 Å². The van der Waals surface area contributed by atoms with Crippen molar-refractivity contribution < 1.29 is 9.18 Å². The predicted molar refractivity (Wildman–Crippen MR) is 80.9 cm³/mol. The Balaban J connectivity index is 2.21. The number of carbonyl (C=O) groups is 1. The van der Waals surface area contributed by atoms with E-state index in [9.17, 15) is 9.18 Å². The number of primary amides is 1. The summed E-state index contributed by atoms with van der Waals surface area (Å²) in [6.07, 6.45) is 1.35. The van der Waals surface area contributed by atoms with Crippen LogP contribution in [0.1, 0.15) is 34.5 Å². The number of pyridine rings is 1. The van der Waals surface area contributed by atoms with Crippen molar-refractivity contribution in [1.82, 2.24) is 4.98 Å². The zero-order chi connectivity index (χ0) is 15.6. The second-order valence-corrected chi connectivity index (χ2v) is 5.20. The highest BCUT2D eigenvalue weighted by atomic mass is 35.5. The number of hydrogen-bond acceptors (Lipinski definition) is 3. The molecule has 0 bridgehead atoms. The van der Waals surface area contributed by atoms with E-state index in [4.69, 9.17) is 17.3 Å². The summed E-state index contributed by atoms with van der Waals surface area (Å²) in [6.45, 7) is 3.57. The van der Waals surface area contributed by atoms with Crippen molar-refractivity contribution in [2.45, 2.75) is 19.9 Å². The summed E-state index contributed by atoms with van der Waals surface area (Å²) >= 11 is 6.05. The Morgan fingerprint density at radius 1 is 1.43 bits per heavy atom. The van der Waals surface area contributed by atoms with E-state index in [1.165, 1.54) is 18.3 Å². The molecule has 4 nitrogen and oxygen atoms in total. The number of halogens is 2. The van der Waals surface area contributed by atoms with Crippen molar-refractivity contribution in [3.05, 3.63) is 58.0 Å². The molecule has 0 radical (unpaired) electrons. The molecule has 1 amide bonds. The first-order valence-corrected chi connectivity index (χ1v) is 6.74. The molecule has 2 aromatic rings. The molecule has 1 aromatic heterocycles. The van der Waals surface area contributed by atoms with Crippen molar-refractivity contribution in [2.24, 2.45) is 5.73 Å². The first kappa shape index (κ1) is 15.3. The molecule has 2 rings (SSSR count). The lowest BCUT2D eigenvalue weighted by molar-refractivity contribution is 0.1000. The van der Waals surface area contributed by atoms with Gasteiger partial charge in [0.15, 0.2) is 0 Å². The number of aryl methyl sites for hydroxylation is 1. The van der Waals surface area contributed by atoms with Crippen LogP contribution in [-0.4, -0.2) is 10.9 Å². The van der Waals surface area contributed by atoms with Crippen molar-refractivity contribution in [2.75, 3.05) is 5.32 Å². The molecule has 1 heterocycles. The second kappa shape index (κ2) is 6.10. The van der Waals surface area contributed by atoms with Crippen molar-refractivity contribution in [1.29, 1.82) is 0 Å². The van der Waals surface area contributed by atoms with Gasteiger partial charge in [0.25, 0.3) is 0 Å². The van der Waals surface area contributed by atoms with E-state index in [1.54, 1.807) is 13.0 Å². The van der Waals surface area contributed by atoms with Gasteiger partial charge in [-0.2, -0.15) is 0 Å². The second-order valence-electron chi connectivity index (χ2n) is 4.79. The lowest BCUT2D eigenvalue weighted by Gasteiger charge is -2.16. The minimum atomic E-state index is -0.593. The first-order valence-electron chi connectivity index (χ1n) is 6.36. The molecule has 21 heavy (non-hydrogen) atoms. The van der Waals surface area contributed by atoms with Gasteiger partial charge in [-0.1, -0.05) is 23.7 Å². The van der Waals surface area contributed by atoms with Gasteiger partial charge in [0.1, 0.15) is 11.6 Å². The van der Waals surface area contributed by atoms with Crippen molar-refractivity contribution in [3.63, 3.8) is 0 Å². The molecule has 1 atom stereocenters. The molecular formula is C15H15ClFN3O. The van der Waals surface area contributed by atoms with Crippen LogP contribution in [0.3, 0.4) is 0 Å². The van der Waals surface area contributed by atoms with Crippen LogP contribution < -0.4 is 11.1 Å². The van der Waals surface area contributed by atoms with Crippen LogP contribution >= 0.6 is 11.6 Å². The first-order chi connectivity index (χ1) is 9.88. The zero-order valence-electron chi connectivity index (χ0n) is 11.7. The van der Waals surface area contributed by atoms with Crippen LogP contribution in [0.15, 0.2) is 30.5 Å². The number of aromatic nitrogens is 1. The largest absolute Gasteiger partial charge is 0.366 e. The predicted octanol–water partition coefficient (Wildman–Crippen LogP) is 3.45. The highest BCUT2D eigenvalue weighted by molar-refractivity contribution is 6.33. The highest BCUT2D eigenvalue weighted by Gasteiger charge is 2.12. The van der Waals surface area contributed by atoms with E-state index in [0.29, 0.717) is 11.4 Å². The lowest BCUT2D eigenvalue weighted by atomic mass is 10.1. The van der Waals surface area contributed by atoms with Crippen molar-refractivity contribution in [3.8, 4) is 0 Å². The number of anilines is 1. The van der Waals surface area contributed by atoms with E-state index < -0.39 is 5.91 Å². The third kappa shape index (κ3) is 3.49. The maximum atomic E-state index is 13.6. The summed E-state index contributed by atoms with van der Waals surface area (Å²) in [4.78, 5) is 15.1. The fourth-order valence-corrected chi connectivity index (χ4v) is 2.07. The number of amides is 1. The van der Waals surface area contributed by atoms with Gasteiger partial charge in [-0.3, -0.25) is 4.79 Å². The summed E-state index contributed by atoms with van der Waals surface area (Å²) in [6, 6.07) is 6.28. The van der Waals surface area contributed by atoms with Crippen LogP contribution in [0, 0.1) is 12.7 Å². The lowest BCUT2D eigenvalue weighted by Crippen LogP contribution is -2.13. The van der Waals surface area contributed by atoms with Crippen LogP contribution in [0.5, 0.6) is 0 Å². The maximum absolute atomic E-state index is 13.6. The summed E-state index contributed by atoms with van der Waals surface area (Å²) in [7, 11) is 0. The molecule has 0 saturated carbocycles. The average Bonchev–Trinajstić information content (AvgIpc) is 2.43. The number of benzene rings is 1. The Bertz CT molecular complexity index is 691. The van der Waals surface area contributed by atoms with Gasteiger partial charge in [0.2, 0.25) is 5.91 Å². The molecule has 110 valence electrons. The van der Waals surface area contributed by atoms with E-state index in [1.807, 2.05) is 13.0 Å². The van der Waals surface area contributed by atoms with E-state index in [2.05, 4.69) is 10.3 Å². The molecule has 1 aromatic carbocycles. The zero-order valence-corrected chi connectivity index (χ0v) is 12.4. The normalized spacial score (nSPS) is 12.0. The van der Waals surface area contributed by atoms with E-state index in [0.717, 1.165) is 5.56 Å². The van der Waals surface area contributed by atoms with Crippen LogP contribution in [0.4, 0.5) is 10.2 Å². The van der Waals surface area contributed by atoms with Gasteiger partial charge in [-0.05, 0) is 37.1 Å². The highest BCUT2D eigenvalue weighted by Crippen LogP contribution is 2.25. The minimum absolute atomic E-state index is 0.190. The SMILES string of the molecule is Cc1ccc(C(C)Nc2ncc(C(N)=O)cc2Cl)cc1F. The Hall–Kier alpha value is -2.14. The number of carbonyl (C=O) groups excluding carboxylic acids is 1. The van der Waals surface area contributed by atoms with Gasteiger partial charge in [-0.15, -0.1) is 0 Å². The van der Waals surface area contributed by atoms with Gasteiger partial charge in [0.05, 0.1) is 16.6 Å². The van der Waals surface area contributed by atoms with Crippen LogP contribution in [0.25, 0.3) is 0 Å². The van der Waals surface area contributed by atoms with Crippen molar-refractivity contribution >= 4 is 23.3 Å². The molecule has 3 N–H and O–H groups in total. The van der Waals surface area contributed by atoms with Gasteiger partial charge in [0, 0.05) is 6.20 Å². The minimum Gasteiger partial charge on any atom is -0.366 e. The van der Waals surface area contributed by atoms with Gasteiger partial charge >= 0.3 is 0 Å². The molecule has 0 aliphatic heterocycles. The average molecular weight is 308 g/mol. The Morgan fingerprint density at radius 3 is 2.71 bits per heavy atom. The molecule has 0 fully saturated rings. The molecule has 0 saturated heterocycles. The fourth-order valence-electron chi connectivity index (χ4n) is 1.85. The Kier molecular flexibility index (Phi) is 4.43. The molecule has 1 unspecified atom stereocenters. The fraction of sp³-hybridized carbons (Fsp3) is 0.200. The summed E-state index contributed by atoms with van der Waals surface area (Å²) in [5.74, 6) is -0.441. The topological polar surface area (TPSA) is 68.0 Å². The van der Waals surface area contributed by atoms with E-state index in [-0.39, 0.29) is 22.4 Å². The number of nitrogens with two attached hydrogens (primary N) is 1. The van der Waals surface area contributed by atoms with Gasteiger partial charge < -0.3 is 11.1 Å². The number of nitrogens with zero attached hydrogens (tertiary/aromatic N) is 1. The molecular weight excluding hydrogens is 293 g/mol. The van der Waals surface area contributed by atoms with Crippen LogP contribution in [-0.2, 0) is 0 Å². The van der Waals surface area contributed by atoms with E-state index >= 15 is 0 Å². The number of nitrogens with one attached hydrogen (secondary N) is 1. The maximum Gasteiger partial charge on any atom is 0.250 e. The summed E-state index contributed by atoms with van der Waals surface area (Å²) < 4.78 is 13.6. The molecule has 0 aliphatic carbocycles. The standard InChI is InChI=1S/C15H15ClFN3O/c1-8-3-4-10(6-13(8)17)9(2)20-15-12(16)5-11(7-19-15)14(18)21/h3-7,9H,1-2H3,(H2,18,21)(H,19,20). The molecule has 6 heteroatoms. The Morgan fingerprint density at radius 2 is 2.14 bits per heavy atom. The molecule has 0 spiro atoms. The smallest absolute Gasteiger partial charge is 0.250 e. The third-order valence-electron chi connectivity index (χ3n) is 3.17. The van der Waals surface area contributed by atoms with Crippen LogP contribution in [0.2, 0.25) is 5.02 Å². The molecule has 0 aliphatic rings. The third-order valence-corrected chi connectivity index (χ3v) is 3.46. The Labute approximate surface area is 127 Å². The quantitative estimate of drug-likeness (QED) is 0.909. The number of rotatable bonds is 4. The summed E-state index contributed by atoms with van der Waals surface area (Å²) in [5.41, 5.74) is 6.76.